The minimum Gasteiger partial charge on any atom is -0.356 e. The van der Waals surface area contributed by atoms with E-state index in [0.717, 1.165) is 28.5 Å². The van der Waals surface area contributed by atoms with E-state index in [9.17, 15) is 4.79 Å². The van der Waals surface area contributed by atoms with Crippen LogP contribution in [-0.2, 0) is 12.0 Å². The molecule has 7 heteroatoms. The second-order valence-electron chi connectivity index (χ2n) is 9.04. The van der Waals surface area contributed by atoms with E-state index in [1.165, 1.54) is 0 Å². The third-order valence-corrected chi connectivity index (χ3v) is 5.47. The molecule has 3 aromatic carbocycles. The summed E-state index contributed by atoms with van der Waals surface area (Å²) in [5.41, 5.74) is 5.17. The number of hydrogen-bond donors (Lipinski definition) is 3. The number of nitrogens with one attached hydrogen (secondary N) is 3. The largest absolute Gasteiger partial charge is 0.356 e. The van der Waals surface area contributed by atoms with Crippen LogP contribution >= 0.6 is 11.6 Å². The zero-order valence-corrected chi connectivity index (χ0v) is 20.2. The van der Waals surface area contributed by atoms with Crippen LogP contribution in [0.4, 0.5) is 21.9 Å². The van der Waals surface area contributed by atoms with Gasteiger partial charge in [-0.2, -0.15) is 5.10 Å². The molecule has 0 fully saturated rings. The van der Waals surface area contributed by atoms with Crippen LogP contribution in [0.5, 0.6) is 0 Å². The molecular formula is C27H28ClN5O. The van der Waals surface area contributed by atoms with E-state index < -0.39 is 0 Å². The Morgan fingerprint density at radius 3 is 2.24 bits per heavy atom. The predicted octanol–water partition coefficient (Wildman–Crippen LogP) is 6.89. The molecule has 4 aromatic rings. The van der Waals surface area contributed by atoms with Gasteiger partial charge in [-0.05, 0) is 60.7 Å². The van der Waals surface area contributed by atoms with Gasteiger partial charge in [0, 0.05) is 27.5 Å². The number of carbonyl (C=O) groups is 1. The van der Waals surface area contributed by atoms with E-state index >= 15 is 0 Å². The summed E-state index contributed by atoms with van der Waals surface area (Å²) in [5, 5.41) is 14.5. The van der Waals surface area contributed by atoms with Crippen molar-refractivity contribution in [2.75, 3.05) is 10.6 Å². The lowest BCUT2D eigenvalue weighted by Gasteiger charge is -2.14. The smallest absolute Gasteiger partial charge is 0.319 e. The lowest BCUT2D eigenvalue weighted by atomic mass is 9.92. The van der Waals surface area contributed by atoms with Gasteiger partial charge in [-0.1, -0.05) is 56.6 Å². The van der Waals surface area contributed by atoms with Crippen molar-refractivity contribution < 1.29 is 4.79 Å². The number of halogens is 1. The van der Waals surface area contributed by atoms with Gasteiger partial charge < -0.3 is 16.0 Å². The first-order valence-electron chi connectivity index (χ1n) is 11.1. The zero-order chi connectivity index (χ0) is 24.1. The van der Waals surface area contributed by atoms with Crippen LogP contribution in [0.3, 0.4) is 0 Å². The van der Waals surface area contributed by atoms with Crippen molar-refractivity contribution in [1.82, 2.24) is 15.1 Å². The summed E-state index contributed by atoms with van der Waals surface area (Å²) in [7, 11) is 0. The van der Waals surface area contributed by atoms with Crippen LogP contribution in [0.1, 0.15) is 32.2 Å². The number of carbonyl (C=O) groups excluding carboxylic acids is 1. The first-order chi connectivity index (χ1) is 16.3. The second kappa shape index (κ2) is 10.0. The Morgan fingerprint density at radius 2 is 1.56 bits per heavy atom. The molecule has 0 bridgehead atoms. The minimum absolute atomic E-state index is 0.129. The summed E-state index contributed by atoms with van der Waals surface area (Å²) < 4.78 is 1.83. The van der Waals surface area contributed by atoms with Crippen molar-refractivity contribution in [3.05, 3.63) is 101 Å². The van der Waals surface area contributed by atoms with Crippen molar-refractivity contribution in [3.63, 3.8) is 0 Å². The molecule has 4 rings (SSSR count). The summed E-state index contributed by atoms with van der Waals surface area (Å²) in [5.74, 6) is 0. The van der Waals surface area contributed by atoms with Gasteiger partial charge in [0.25, 0.3) is 0 Å². The van der Waals surface area contributed by atoms with Gasteiger partial charge in [-0.25, -0.2) is 9.48 Å². The number of rotatable bonds is 6. The van der Waals surface area contributed by atoms with Gasteiger partial charge in [-0.3, -0.25) is 0 Å². The molecule has 1 heterocycles. The van der Waals surface area contributed by atoms with Crippen LogP contribution in [0.15, 0.2) is 84.9 Å². The maximum Gasteiger partial charge on any atom is 0.319 e. The lowest BCUT2D eigenvalue weighted by molar-refractivity contribution is 0.251. The van der Waals surface area contributed by atoms with Gasteiger partial charge >= 0.3 is 6.03 Å². The molecule has 0 aliphatic carbocycles. The lowest BCUT2D eigenvalue weighted by Crippen LogP contribution is -2.29. The second-order valence-corrected chi connectivity index (χ2v) is 9.48. The van der Waals surface area contributed by atoms with Crippen LogP contribution in [0, 0.1) is 0 Å². The normalized spacial score (nSPS) is 11.2. The van der Waals surface area contributed by atoms with E-state index in [2.05, 4.69) is 36.7 Å². The summed E-state index contributed by atoms with van der Waals surface area (Å²) in [6.45, 7) is 6.64. The third kappa shape index (κ3) is 5.97. The molecule has 2 amide bonds. The first-order valence-corrected chi connectivity index (χ1v) is 11.5. The third-order valence-electron chi connectivity index (χ3n) is 5.24. The highest BCUT2D eigenvalue weighted by Crippen LogP contribution is 2.25. The predicted molar refractivity (Wildman–Crippen MR) is 139 cm³/mol. The first kappa shape index (κ1) is 23.4. The highest BCUT2D eigenvalue weighted by Gasteiger charge is 2.21. The van der Waals surface area contributed by atoms with Crippen LogP contribution in [-0.4, -0.2) is 15.8 Å². The molecule has 6 nitrogen and oxygen atoms in total. The minimum atomic E-state index is -0.292. The van der Waals surface area contributed by atoms with Gasteiger partial charge in [0.15, 0.2) is 0 Å². The topological polar surface area (TPSA) is 71.0 Å². The number of hydrogen-bond acceptors (Lipinski definition) is 3. The maximum absolute atomic E-state index is 12.6. The Morgan fingerprint density at radius 1 is 0.882 bits per heavy atom. The molecule has 0 unspecified atom stereocenters. The van der Waals surface area contributed by atoms with E-state index in [0.29, 0.717) is 17.3 Å². The van der Waals surface area contributed by atoms with Gasteiger partial charge in [0.05, 0.1) is 23.6 Å². The van der Waals surface area contributed by atoms with Crippen LogP contribution < -0.4 is 16.0 Å². The average Bonchev–Trinajstić information content (AvgIpc) is 3.25. The Bertz CT molecular complexity index is 1260. The molecule has 0 spiro atoms. The molecule has 1 aromatic heterocycles. The number of nitrogens with zero attached hydrogens (tertiary/aromatic N) is 2. The number of benzene rings is 3. The van der Waals surface area contributed by atoms with Gasteiger partial charge in [-0.15, -0.1) is 0 Å². The summed E-state index contributed by atoms with van der Waals surface area (Å²) in [4.78, 5) is 12.6. The molecule has 0 saturated heterocycles. The monoisotopic (exact) mass is 473 g/mol. The fourth-order valence-corrected chi connectivity index (χ4v) is 3.60. The van der Waals surface area contributed by atoms with Gasteiger partial charge in [0.1, 0.15) is 0 Å². The fraction of sp³-hybridized carbons (Fsp3) is 0.185. The molecule has 0 saturated carbocycles. The Hall–Kier alpha value is -3.77. The average molecular weight is 474 g/mol. The van der Waals surface area contributed by atoms with Crippen molar-refractivity contribution in [1.29, 1.82) is 0 Å². The molecule has 34 heavy (non-hydrogen) atoms. The Balaban J connectivity index is 1.42. The fourth-order valence-electron chi connectivity index (χ4n) is 3.41. The maximum atomic E-state index is 12.6. The SMILES string of the molecule is CC(C)(C)c1cc(CNC(=O)Nc2ccc(Nc3ccccc3)cc2)n(-c2cccc(Cl)c2)n1. The van der Waals surface area contributed by atoms with Crippen molar-refractivity contribution in [2.24, 2.45) is 0 Å². The summed E-state index contributed by atoms with van der Waals surface area (Å²) in [6.07, 6.45) is 0. The highest BCUT2D eigenvalue weighted by molar-refractivity contribution is 6.30. The Kier molecular flexibility index (Phi) is 6.89. The highest BCUT2D eigenvalue weighted by atomic mass is 35.5. The molecule has 0 aliphatic rings. The summed E-state index contributed by atoms with van der Waals surface area (Å²) >= 11 is 6.19. The van der Waals surface area contributed by atoms with Crippen LogP contribution in [0.2, 0.25) is 5.02 Å². The molecular weight excluding hydrogens is 446 g/mol. The number of amides is 2. The number of aromatic nitrogens is 2. The number of para-hydroxylation sites is 1. The van der Waals surface area contributed by atoms with E-state index in [1.807, 2.05) is 89.6 Å². The van der Waals surface area contributed by atoms with E-state index in [-0.39, 0.29) is 11.4 Å². The molecule has 174 valence electrons. The van der Waals surface area contributed by atoms with E-state index in [4.69, 9.17) is 16.7 Å². The standard InChI is InChI=1S/C27H28ClN5O/c1-27(2,3)25-17-24(33(32-25)23-11-7-8-19(28)16-23)18-29-26(34)31-22-14-12-21(13-15-22)30-20-9-5-4-6-10-20/h4-17,30H,18H2,1-3H3,(H2,29,31,34). The van der Waals surface area contributed by atoms with Crippen LogP contribution in [0.25, 0.3) is 5.69 Å². The zero-order valence-electron chi connectivity index (χ0n) is 19.5. The summed E-state index contributed by atoms with van der Waals surface area (Å²) in [6, 6.07) is 26.7. The number of anilines is 3. The quantitative estimate of drug-likeness (QED) is 0.285. The van der Waals surface area contributed by atoms with Gasteiger partial charge in [0.2, 0.25) is 0 Å². The molecule has 3 N–H and O–H groups in total. The number of urea groups is 1. The molecule has 0 atom stereocenters. The Labute approximate surface area is 205 Å². The molecule has 0 radical (unpaired) electrons. The van der Waals surface area contributed by atoms with E-state index in [1.54, 1.807) is 0 Å². The molecule has 0 aliphatic heterocycles. The van der Waals surface area contributed by atoms with Crippen molar-refractivity contribution >= 4 is 34.7 Å². The van der Waals surface area contributed by atoms with Crippen molar-refractivity contribution in [2.45, 2.75) is 32.7 Å². The van der Waals surface area contributed by atoms with Crippen molar-refractivity contribution in [3.8, 4) is 5.69 Å².